The summed E-state index contributed by atoms with van der Waals surface area (Å²) in [7, 11) is 0. The van der Waals surface area contributed by atoms with E-state index in [2.05, 4.69) is 40.8 Å². The van der Waals surface area contributed by atoms with Crippen molar-refractivity contribution in [3.8, 4) is 0 Å². The average Bonchev–Trinajstić information content (AvgIpc) is 3.17. The molecule has 1 fully saturated rings. The molecular formula is C35H31ClF10N8O7. The second kappa shape index (κ2) is 21.1. The number of aryl methyl sites for hydroxylation is 2. The molecule has 330 valence electrons. The Morgan fingerprint density at radius 2 is 1.34 bits per heavy atom. The number of amides is 1. The molecule has 0 atom stereocenters. The van der Waals surface area contributed by atoms with Crippen LogP contribution in [0, 0.1) is 11.7 Å². The van der Waals surface area contributed by atoms with Crippen LogP contribution >= 0.6 is 11.6 Å². The first-order chi connectivity index (χ1) is 28.3. The molecule has 6 rings (SSSR count). The lowest BCUT2D eigenvalue weighted by Gasteiger charge is -2.32. The standard InChI is InChI=1S/C29H28ClFN8O.3C2HF3O2/c30-24-17-34-29-36-23-11-19(14-32-16-23)1-2-20-13-22(35-28(24)38-29)4-5-25(20)37-27(40)12-18-7-9-39(10-8-18)26-6-3-21(31)15-33-26;3*3-2(4,5)1(6)7/h3-6,11,13-18H,1-2,7-10,12H2,(H,37,40)(H2,34,35,36,38);3*(H,6,7). The largest absolute Gasteiger partial charge is 0.490 e. The average molecular weight is 901 g/mol. The molecule has 26 heteroatoms. The highest BCUT2D eigenvalue weighted by atomic mass is 35.5. The number of aliphatic carboxylic acids is 3. The second-order valence-corrected chi connectivity index (χ2v) is 12.9. The number of anilines is 6. The van der Waals surface area contributed by atoms with Crippen molar-refractivity contribution in [2.75, 3.05) is 33.9 Å². The van der Waals surface area contributed by atoms with Gasteiger partial charge in [0.05, 0.1) is 24.3 Å². The number of carboxylic acid groups (broad SMARTS) is 3. The summed E-state index contributed by atoms with van der Waals surface area (Å²) in [6, 6.07) is 11.0. The number of carbonyl (C=O) groups excluding carboxylic acids is 1. The number of hydrogen-bond acceptors (Lipinski definition) is 11. The number of hydrogen-bond donors (Lipinski definition) is 6. The molecule has 4 aromatic rings. The minimum absolute atomic E-state index is 0.00502. The van der Waals surface area contributed by atoms with E-state index >= 15 is 0 Å². The maximum absolute atomic E-state index is 13.2. The molecule has 6 N–H and O–H groups in total. The van der Waals surface area contributed by atoms with Crippen molar-refractivity contribution in [2.24, 2.45) is 5.92 Å². The Morgan fingerprint density at radius 3 is 1.89 bits per heavy atom. The molecule has 1 amide bonds. The normalized spacial score (nSPS) is 13.8. The van der Waals surface area contributed by atoms with Crippen LogP contribution in [0.15, 0.2) is 61.2 Å². The number of halogens is 11. The van der Waals surface area contributed by atoms with Crippen LogP contribution in [0.1, 0.15) is 30.4 Å². The first kappa shape index (κ1) is 48.8. The minimum Gasteiger partial charge on any atom is -0.475 e. The van der Waals surface area contributed by atoms with Crippen LogP contribution in [-0.4, -0.2) is 90.7 Å². The highest BCUT2D eigenvalue weighted by Crippen LogP contribution is 2.30. The Hall–Kier alpha value is -6.53. The molecule has 2 aliphatic rings. The number of alkyl halides is 9. The molecule has 0 aliphatic carbocycles. The number of piperidine rings is 1. The summed E-state index contributed by atoms with van der Waals surface area (Å²) < 4.78 is 108. The maximum Gasteiger partial charge on any atom is 0.490 e. The predicted molar refractivity (Wildman–Crippen MR) is 195 cm³/mol. The highest BCUT2D eigenvalue weighted by molar-refractivity contribution is 6.32. The monoisotopic (exact) mass is 900 g/mol. The molecule has 3 aromatic heterocycles. The van der Waals surface area contributed by atoms with E-state index in [4.69, 9.17) is 41.3 Å². The number of nitrogens with zero attached hydrogens (tertiary/aromatic N) is 5. The molecule has 0 unspecified atom stereocenters. The van der Waals surface area contributed by atoms with Gasteiger partial charge in [0.15, 0.2) is 5.82 Å². The predicted octanol–water partition coefficient (Wildman–Crippen LogP) is 7.79. The third-order valence-electron chi connectivity index (χ3n) is 7.97. The molecule has 15 nitrogen and oxygen atoms in total. The quantitative estimate of drug-likeness (QED) is 0.108. The van der Waals surface area contributed by atoms with Gasteiger partial charge in [0.1, 0.15) is 16.7 Å². The lowest BCUT2D eigenvalue weighted by Crippen LogP contribution is -2.35. The zero-order valence-corrected chi connectivity index (χ0v) is 31.4. The van der Waals surface area contributed by atoms with Gasteiger partial charge in [0.25, 0.3) is 0 Å². The van der Waals surface area contributed by atoms with Gasteiger partial charge >= 0.3 is 36.4 Å². The van der Waals surface area contributed by atoms with E-state index in [1.807, 2.05) is 30.5 Å². The van der Waals surface area contributed by atoms with Crippen molar-refractivity contribution >= 4 is 70.1 Å². The number of fused-ring (bicyclic) bond motifs is 6. The van der Waals surface area contributed by atoms with E-state index in [9.17, 15) is 48.7 Å². The fraction of sp³-hybridized carbons (Fsp3) is 0.314. The van der Waals surface area contributed by atoms with Crippen LogP contribution in [-0.2, 0) is 32.0 Å². The van der Waals surface area contributed by atoms with E-state index in [1.165, 1.54) is 12.3 Å². The van der Waals surface area contributed by atoms with E-state index in [0.717, 1.165) is 66.4 Å². The molecule has 2 aliphatic heterocycles. The van der Waals surface area contributed by atoms with Gasteiger partial charge in [0.2, 0.25) is 11.9 Å². The van der Waals surface area contributed by atoms with Crippen molar-refractivity contribution in [1.29, 1.82) is 0 Å². The lowest BCUT2D eigenvalue weighted by atomic mass is 9.93. The minimum atomic E-state index is -5.08. The first-order valence-corrected chi connectivity index (χ1v) is 17.4. The van der Waals surface area contributed by atoms with Crippen LogP contribution in [0.2, 0.25) is 5.02 Å². The summed E-state index contributed by atoms with van der Waals surface area (Å²) in [6.07, 6.45) is -5.26. The maximum atomic E-state index is 13.2. The van der Waals surface area contributed by atoms with Crippen molar-refractivity contribution in [3.63, 3.8) is 0 Å². The van der Waals surface area contributed by atoms with Crippen molar-refractivity contribution < 1.29 is 78.4 Å². The Morgan fingerprint density at radius 1 is 0.754 bits per heavy atom. The van der Waals surface area contributed by atoms with Crippen molar-refractivity contribution in [1.82, 2.24) is 19.9 Å². The number of nitrogens with one attached hydrogen (secondary N) is 3. The molecule has 6 bridgehead atoms. The third-order valence-corrected chi connectivity index (χ3v) is 8.25. The second-order valence-electron chi connectivity index (χ2n) is 12.5. The number of aromatic nitrogens is 4. The molecule has 61 heavy (non-hydrogen) atoms. The topological polar surface area (TPSA) is 220 Å². The molecule has 0 radical (unpaired) electrons. The summed E-state index contributed by atoms with van der Waals surface area (Å²) in [5.41, 5.74) is 4.43. The van der Waals surface area contributed by atoms with Crippen molar-refractivity contribution in [2.45, 2.75) is 50.6 Å². The molecule has 0 spiro atoms. The third kappa shape index (κ3) is 16.6. The molecule has 1 aromatic carbocycles. The fourth-order valence-electron chi connectivity index (χ4n) is 5.14. The zero-order valence-electron chi connectivity index (χ0n) is 30.7. The summed E-state index contributed by atoms with van der Waals surface area (Å²) in [4.78, 5) is 59.3. The Balaban J connectivity index is 0.000000390. The van der Waals surface area contributed by atoms with Crippen LogP contribution in [0.3, 0.4) is 0 Å². The number of rotatable bonds is 4. The van der Waals surface area contributed by atoms with Gasteiger partial charge in [-0.15, -0.1) is 0 Å². The summed E-state index contributed by atoms with van der Waals surface area (Å²) in [6.45, 7) is 1.58. The van der Waals surface area contributed by atoms with E-state index in [0.29, 0.717) is 29.6 Å². The van der Waals surface area contributed by atoms with Crippen LogP contribution in [0.4, 0.5) is 78.6 Å². The Labute approximate surface area is 341 Å². The van der Waals surface area contributed by atoms with Gasteiger partial charge in [0, 0.05) is 37.1 Å². The van der Waals surface area contributed by atoms with Crippen LogP contribution in [0.5, 0.6) is 0 Å². The number of carboxylic acids is 3. The lowest BCUT2D eigenvalue weighted by molar-refractivity contribution is -0.193. The van der Waals surface area contributed by atoms with E-state index in [1.54, 1.807) is 18.5 Å². The smallest absolute Gasteiger partial charge is 0.475 e. The number of carbonyl (C=O) groups is 4. The Bertz CT molecular complexity index is 2100. The van der Waals surface area contributed by atoms with Gasteiger partial charge in [-0.05, 0) is 79.1 Å². The fourth-order valence-corrected chi connectivity index (χ4v) is 5.28. The summed E-state index contributed by atoms with van der Waals surface area (Å²) in [5.74, 6) is -6.68. The summed E-state index contributed by atoms with van der Waals surface area (Å²) in [5, 5.41) is 31.4. The highest BCUT2D eigenvalue weighted by Gasteiger charge is 2.39. The number of benzene rings is 1. The van der Waals surface area contributed by atoms with Crippen LogP contribution < -0.4 is 20.9 Å². The first-order valence-electron chi connectivity index (χ1n) is 17.0. The zero-order chi connectivity index (χ0) is 45.7. The SMILES string of the molecule is O=C(CC1CCN(c2ccc(F)cn2)CC1)Nc1ccc2cc1CCc1cncc(c1)Nc1ncc(Cl)c(n1)N2.O=C(O)C(F)(F)F.O=C(O)C(F)(F)F.O=C(O)C(F)(F)F. The van der Waals surface area contributed by atoms with Crippen LogP contribution in [0.25, 0.3) is 0 Å². The molecule has 0 saturated carbocycles. The number of pyridine rings is 2. The van der Waals surface area contributed by atoms with Gasteiger partial charge in [-0.2, -0.15) is 44.5 Å². The van der Waals surface area contributed by atoms with Gasteiger partial charge in [-0.1, -0.05) is 11.6 Å². The Kier molecular flexibility index (Phi) is 16.9. The van der Waals surface area contributed by atoms with Gasteiger partial charge < -0.3 is 36.2 Å². The van der Waals surface area contributed by atoms with E-state index in [-0.39, 0.29) is 17.6 Å². The van der Waals surface area contributed by atoms with Gasteiger partial charge in [-0.3, -0.25) is 9.78 Å². The van der Waals surface area contributed by atoms with E-state index < -0.39 is 36.4 Å². The summed E-state index contributed by atoms with van der Waals surface area (Å²) >= 11 is 6.37. The van der Waals surface area contributed by atoms with Gasteiger partial charge in [-0.25, -0.2) is 28.7 Å². The van der Waals surface area contributed by atoms with Crippen molar-refractivity contribution in [3.05, 3.63) is 83.2 Å². The molecular weight excluding hydrogens is 870 g/mol. The molecule has 5 heterocycles. The molecule has 1 saturated heterocycles.